The minimum Gasteiger partial charge on any atom is -0.497 e. The molecule has 1 aliphatic rings. The topological polar surface area (TPSA) is 58.6 Å². The van der Waals surface area contributed by atoms with E-state index in [0.717, 1.165) is 43.7 Å². The van der Waals surface area contributed by atoms with E-state index >= 15 is 0 Å². The van der Waals surface area contributed by atoms with E-state index in [1.807, 2.05) is 29.2 Å². The second-order valence-electron chi connectivity index (χ2n) is 6.43. The van der Waals surface area contributed by atoms with Gasteiger partial charge in [0.2, 0.25) is 0 Å². The van der Waals surface area contributed by atoms with Crippen molar-refractivity contribution in [3.63, 3.8) is 0 Å². The Bertz CT molecular complexity index is 748. The zero-order valence-corrected chi connectivity index (χ0v) is 15.0. The average molecular weight is 352 g/mol. The molecule has 1 saturated heterocycles. The number of hydrogen-bond acceptors (Lipinski definition) is 3. The monoisotopic (exact) mass is 352 g/mol. The predicted molar refractivity (Wildman–Crippen MR) is 101 cm³/mol. The SMILES string of the molecule is COc1ccc(CCNC(=O)c2ccc(C(=O)N3CCCC3)cc2)cc1. The van der Waals surface area contributed by atoms with Crippen LogP contribution in [0.4, 0.5) is 0 Å². The number of ether oxygens (including phenoxy) is 1. The number of benzene rings is 2. The normalized spacial score (nSPS) is 13.5. The molecule has 5 nitrogen and oxygen atoms in total. The largest absolute Gasteiger partial charge is 0.497 e. The van der Waals surface area contributed by atoms with Gasteiger partial charge < -0.3 is 15.0 Å². The van der Waals surface area contributed by atoms with E-state index in [0.29, 0.717) is 17.7 Å². The van der Waals surface area contributed by atoms with Crippen LogP contribution in [0.1, 0.15) is 39.1 Å². The average Bonchev–Trinajstić information content (AvgIpc) is 3.23. The van der Waals surface area contributed by atoms with Crippen LogP contribution in [-0.4, -0.2) is 43.5 Å². The molecule has 0 bridgehead atoms. The summed E-state index contributed by atoms with van der Waals surface area (Å²) in [6.07, 6.45) is 2.89. The van der Waals surface area contributed by atoms with E-state index in [2.05, 4.69) is 5.32 Å². The van der Waals surface area contributed by atoms with Crippen LogP contribution >= 0.6 is 0 Å². The minimum absolute atomic E-state index is 0.0500. The number of amides is 2. The first kappa shape index (κ1) is 18.0. The molecule has 0 spiro atoms. The van der Waals surface area contributed by atoms with Gasteiger partial charge in [-0.3, -0.25) is 9.59 Å². The van der Waals surface area contributed by atoms with Gasteiger partial charge >= 0.3 is 0 Å². The highest BCUT2D eigenvalue weighted by atomic mass is 16.5. The summed E-state index contributed by atoms with van der Waals surface area (Å²) < 4.78 is 5.13. The van der Waals surface area contributed by atoms with E-state index in [1.165, 1.54) is 0 Å². The zero-order chi connectivity index (χ0) is 18.4. The summed E-state index contributed by atoms with van der Waals surface area (Å²) >= 11 is 0. The number of likely N-dealkylation sites (tertiary alicyclic amines) is 1. The Hall–Kier alpha value is -2.82. The summed E-state index contributed by atoms with van der Waals surface area (Å²) in [4.78, 5) is 26.4. The highest BCUT2D eigenvalue weighted by Crippen LogP contribution is 2.14. The summed E-state index contributed by atoms with van der Waals surface area (Å²) in [5, 5.41) is 2.91. The lowest BCUT2D eigenvalue weighted by atomic mass is 10.1. The molecular weight excluding hydrogens is 328 g/mol. The van der Waals surface area contributed by atoms with E-state index in [-0.39, 0.29) is 11.8 Å². The van der Waals surface area contributed by atoms with Crippen molar-refractivity contribution in [2.45, 2.75) is 19.3 Å². The molecule has 2 aromatic rings. The van der Waals surface area contributed by atoms with Gasteiger partial charge in [0.1, 0.15) is 5.75 Å². The number of rotatable bonds is 6. The summed E-state index contributed by atoms with van der Waals surface area (Å²) in [6, 6.07) is 14.7. The van der Waals surface area contributed by atoms with E-state index in [9.17, 15) is 9.59 Å². The van der Waals surface area contributed by atoms with E-state index in [4.69, 9.17) is 4.74 Å². The van der Waals surface area contributed by atoms with Crippen LogP contribution in [0, 0.1) is 0 Å². The first-order valence-corrected chi connectivity index (χ1v) is 8.98. The number of nitrogens with one attached hydrogen (secondary N) is 1. The molecule has 136 valence electrons. The lowest BCUT2D eigenvalue weighted by molar-refractivity contribution is 0.0792. The lowest BCUT2D eigenvalue weighted by Gasteiger charge is -2.15. The van der Waals surface area contributed by atoms with Crippen LogP contribution in [0.2, 0.25) is 0 Å². The van der Waals surface area contributed by atoms with Crippen molar-refractivity contribution in [3.8, 4) is 5.75 Å². The molecule has 1 N–H and O–H groups in total. The summed E-state index contributed by atoms with van der Waals surface area (Å²) in [7, 11) is 1.64. The fourth-order valence-corrected chi connectivity index (χ4v) is 3.08. The van der Waals surface area contributed by atoms with Crippen molar-refractivity contribution in [2.75, 3.05) is 26.7 Å². The summed E-state index contributed by atoms with van der Waals surface area (Å²) in [5.74, 6) is 0.744. The Morgan fingerprint density at radius 2 is 1.58 bits per heavy atom. The van der Waals surface area contributed by atoms with Crippen LogP contribution in [0.3, 0.4) is 0 Å². The Morgan fingerprint density at radius 3 is 2.19 bits per heavy atom. The molecule has 1 heterocycles. The quantitative estimate of drug-likeness (QED) is 0.870. The van der Waals surface area contributed by atoms with E-state index in [1.54, 1.807) is 31.4 Å². The molecule has 0 radical (unpaired) electrons. The van der Waals surface area contributed by atoms with Crippen molar-refractivity contribution < 1.29 is 14.3 Å². The Kier molecular flexibility index (Phi) is 5.89. The molecule has 0 aliphatic carbocycles. The third kappa shape index (κ3) is 4.42. The molecule has 0 aromatic heterocycles. The lowest BCUT2D eigenvalue weighted by Crippen LogP contribution is -2.28. The maximum Gasteiger partial charge on any atom is 0.253 e. The van der Waals surface area contributed by atoms with Crippen molar-refractivity contribution in [1.82, 2.24) is 10.2 Å². The van der Waals surface area contributed by atoms with Crippen LogP contribution in [0.25, 0.3) is 0 Å². The van der Waals surface area contributed by atoms with Gasteiger partial charge in [-0.25, -0.2) is 0 Å². The number of carbonyl (C=O) groups is 2. The van der Waals surface area contributed by atoms with Gasteiger partial charge in [0.15, 0.2) is 0 Å². The third-order valence-electron chi connectivity index (χ3n) is 4.65. The van der Waals surface area contributed by atoms with Gasteiger partial charge in [-0.2, -0.15) is 0 Å². The van der Waals surface area contributed by atoms with Gasteiger partial charge in [-0.15, -0.1) is 0 Å². The van der Waals surface area contributed by atoms with Crippen molar-refractivity contribution >= 4 is 11.8 Å². The van der Waals surface area contributed by atoms with Crippen molar-refractivity contribution in [3.05, 3.63) is 65.2 Å². The molecule has 1 fully saturated rings. The van der Waals surface area contributed by atoms with Crippen LogP contribution < -0.4 is 10.1 Å². The summed E-state index contributed by atoms with van der Waals surface area (Å²) in [5.41, 5.74) is 2.34. The Labute approximate surface area is 154 Å². The van der Waals surface area contributed by atoms with Gasteiger partial charge in [-0.1, -0.05) is 12.1 Å². The standard InChI is InChI=1S/C21H24N2O3/c1-26-19-10-4-16(5-11-19)12-13-22-20(24)17-6-8-18(9-7-17)21(25)23-14-2-3-15-23/h4-11H,2-3,12-15H2,1H3,(H,22,24). The summed E-state index contributed by atoms with van der Waals surface area (Å²) in [6.45, 7) is 2.21. The second-order valence-corrected chi connectivity index (χ2v) is 6.43. The van der Waals surface area contributed by atoms with Crippen LogP contribution in [-0.2, 0) is 6.42 Å². The maximum absolute atomic E-state index is 12.3. The number of nitrogens with zero attached hydrogens (tertiary/aromatic N) is 1. The molecule has 3 rings (SSSR count). The molecule has 26 heavy (non-hydrogen) atoms. The highest BCUT2D eigenvalue weighted by Gasteiger charge is 2.19. The number of hydrogen-bond donors (Lipinski definition) is 1. The zero-order valence-electron chi connectivity index (χ0n) is 15.0. The van der Waals surface area contributed by atoms with Crippen molar-refractivity contribution in [1.29, 1.82) is 0 Å². The van der Waals surface area contributed by atoms with Gasteiger partial charge in [0, 0.05) is 30.8 Å². The second kappa shape index (κ2) is 8.52. The molecule has 1 aliphatic heterocycles. The van der Waals surface area contributed by atoms with Crippen molar-refractivity contribution in [2.24, 2.45) is 0 Å². The molecule has 0 unspecified atom stereocenters. The third-order valence-corrected chi connectivity index (χ3v) is 4.65. The van der Waals surface area contributed by atoms with E-state index < -0.39 is 0 Å². The smallest absolute Gasteiger partial charge is 0.253 e. The first-order chi connectivity index (χ1) is 12.7. The Balaban J connectivity index is 1.50. The molecule has 0 atom stereocenters. The minimum atomic E-state index is -0.126. The number of methoxy groups -OCH3 is 1. The van der Waals surface area contributed by atoms with Crippen LogP contribution in [0.15, 0.2) is 48.5 Å². The predicted octanol–water partition coefficient (Wildman–Crippen LogP) is 2.90. The molecule has 0 saturated carbocycles. The molecular formula is C21H24N2O3. The molecule has 2 amide bonds. The fourth-order valence-electron chi connectivity index (χ4n) is 3.08. The number of carbonyl (C=O) groups excluding carboxylic acids is 2. The Morgan fingerprint density at radius 1 is 0.962 bits per heavy atom. The maximum atomic E-state index is 12.3. The highest BCUT2D eigenvalue weighted by molar-refractivity contribution is 5.97. The first-order valence-electron chi connectivity index (χ1n) is 8.98. The van der Waals surface area contributed by atoms with Gasteiger partial charge in [0.25, 0.3) is 11.8 Å². The van der Waals surface area contributed by atoms with Gasteiger partial charge in [0.05, 0.1) is 7.11 Å². The molecule has 2 aromatic carbocycles. The van der Waals surface area contributed by atoms with Crippen LogP contribution in [0.5, 0.6) is 5.75 Å². The van der Waals surface area contributed by atoms with Gasteiger partial charge in [-0.05, 0) is 61.2 Å². The fraction of sp³-hybridized carbons (Fsp3) is 0.333. The molecule has 5 heteroatoms.